The molecule has 0 bridgehead atoms. The maximum Gasteiger partial charge on any atom is 0.327 e. The van der Waals surface area contributed by atoms with Crippen LogP contribution in [0.4, 0.5) is 11.4 Å². The van der Waals surface area contributed by atoms with Gasteiger partial charge in [0.15, 0.2) is 11.5 Å². The van der Waals surface area contributed by atoms with Crippen LogP contribution in [0.3, 0.4) is 0 Å². The van der Waals surface area contributed by atoms with Gasteiger partial charge in [-0.3, -0.25) is 10.1 Å². The van der Waals surface area contributed by atoms with E-state index >= 15 is 0 Å². The largest absolute Gasteiger partial charge is 0.493 e. The van der Waals surface area contributed by atoms with Gasteiger partial charge in [0.25, 0.3) is 5.69 Å². The number of carboxylic acid groups (broad SMARTS) is 1. The molecule has 0 amide bonds. The van der Waals surface area contributed by atoms with Gasteiger partial charge in [0, 0.05) is 12.5 Å². The molecule has 0 saturated carbocycles. The van der Waals surface area contributed by atoms with Gasteiger partial charge < -0.3 is 19.9 Å². The lowest BCUT2D eigenvalue weighted by Crippen LogP contribution is -2.29. The molecule has 0 heterocycles. The van der Waals surface area contributed by atoms with Crippen molar-refractivity contribution in [2.24, 2.45) is 0 Å². The molecule has 1 aromatic rings. The van der Waals surface area contributed by atoms with Crippen LogP contribution in [0, 0.1) is 22.5 Å². The first kappa shape index (κ1) is 16.1. The second kappa shape index (κ2) is 7.00. The predicted octanol–water partition coefficient (Wildman–Crippen LogP) is 1.50. The summed E-state index contributed by atoms with van der Waals surface area (Å²) < 4.78 is 10.0. The molecule has 0 fully saturated rings. The van der Waals surface area contributed by atoms with Crippen molar-refractivity contribution in [2.75, 3.05) is 19.5 Å². The monoisotopic (exact) mass is 294 g/mol. The smallest absolute Gasteiger partial charge is 0.327 e. The summed E-state index contributed by atoms with van der Waals surface area (Å²) in [4.78, 5) is 21.5. The molecule has 2 N–H and O–H groups in total. The van der Waals surface area contributed by atoms with Gasteiger partial charge in [0.05, 0.1) is 25.2 Å². The normalized spacial score (nSPS) is 11.1. The number of carbonyl (C=O) groups is 1. The number of nitro benzene ring substituents is 1. The zero-order chi connectivity index (χ0) is 16.0. The zero-order valence-corrected chi connectivity index (χ0v) is 11.5. The van der Waals surface area contributed by atoms with Gasteiger partial charge in [0.2, 0.25) is 0 Å². The average molecular weight is 294 g/mol. The number of ether oxygens (including phenoxy) is 2. The van der Waals surface area contributed by atoms with E-state index in [1.165, 1.54) is 20.3 Å². The molecule has 8 heteroatoms. The summed E-state index contributed by atoms with van der Waals surface area (Å²) in [7, 11) is 2.71. The summed E-state index contributed by atoms with van der Waals surface area (Å²) in [6.07, 6.45) is 4.96. The molecule has 0 aliphatic heterocycles. The summed E-state index contributed by atoms with van der Waals surface area (Å²) in [5.74, 6) is 1.39. The maximum absolute atomic E-state index is 11.1. The second-order valence-corrected chi connectivity index (χ2v) is 3.92. The lowest BCUT2D eigenvalue weighted by atomic mass is 10.1. The summed E-state index contributed by atoms with van der Waals surface area (Å²) in [5, 5.41) is 22.7. The minimum absolute atomic E-state index is 0.0136. The van der Waals surface area contributed by atoms with E-state index in [1.807, 2.05) is 0 Å². The molecule has 21 heavy (non-hydrogen) atoms. The Balaban J connectivity index is 3.29. The highest BCUT2D eigenvalue weighted by atomic mass is 16.6. The van der Waals surface area contributed by atoms with Crippen LogP contribution in [0.2, 0.25) is 0 Å². The lowest BCUT2D eigenvalue weighted by Gasteiger charge is -2.15. The first-order valence-electron chi connectivity index (χ1n) is 5.77. The van der Waals surface area contributed by atoms with Crippen LogP contribution in [0.5, 0.6) is 11.5 Å². The quantitative estimate of drug-likeness (QED) is 0.445. The third-order valence-electron chi connectivity index (χ3n) is 2.65. The Morgan fingerprint density at radius 3 is 2.48 bits per heavy atom. The number of aliphatic carboxylic acids is 1. The maximum atomic E-state index is 11.1. The van der Waals surface area contributed by atoms with E-state index in [2.05, 4.69) is 11.2 Å². The van der Waals surface area contributed by atoms with Gasteiger partial charge in [-0.05, 0) is 0 Å². The van der Waals surface area contributed by atoms with Crippen molar-refractivity contribution in [3.8, 4) is 23.8 Å². The summed E-state index contributed by atoms with van der Waals surface area (Å²) in [5.41, 5.74) is -0.351. The first-order valence-corrected chi connectivity index (χ1v) is 5.77. The molecule has 1 unspecified atom stereocenters. The van der Waals surface area contributed by atoms with E-state index in [1.54, 1.807) is 0 Å². The number of hydrogen-bond acceptors (Lipinski definition) is 6. The Bertz CT molecular complexity index is 593. The fourth-order valence-corrected chi connectivity index (χ4v) is 1.64. The summed E-state index contributed by atoms with van der Waals surface area (Å²) in [6.45, 7) is 0. The standard InChI is InChI=1S/C13H14N2O6/c1-4-5-8(13(16)17)14-9-6-11(20-2)12(21-3)7-10(9)15(18)19/h1,6-8,14H,5H2,2-3H3,(H,16,17). The van der Waals surface area contributed by atoms with Crippen LogP contribution in [-0.2, 0) is 4.79 Å². The van der Waals surface area contributed by atoms with Crippen LogP contribution in [-0.4, -0.2) is 36.3 Å². The number of methoxy groups -OCH3 is 2. The van der Waals surface area contributed by atoms with E-state index in [4.69, 9.17) is 21.0 Å². The van der Waals surface area contributed by atoms with E-state index in [0.29, 0.717) is 0 Å². The molecule has 1 aromatic carbocycles. The Kier molecular flexibility index (Phi) is 5.37. The van der Waals surface area contributed by atoms with Crippen LogP contribution < -0.4 is 14.8 Å². The van der Waals surface area contributed by atoms with Gasteiger partial charge in [-0.15, -0.1) is 12.3 Å². The fraction of sp³-hybridized carbons (Fsp3) is 0.308. The molecule has 1 atom stereocenters. The third kappa shape index (κ3) is 3.76. The molecule has 0 radical (unpaired) electrons. The van der Waals surface area contributed by atoms with Crippen molar-refractivity contribution in [1.82, 2.24) is 0 Å². The highest BCUT2D eigenvalue weighted by Crippen LogP contribution is 2.37. The average Bonchev–Trinajstić information content (AvgIpc) is 2.45. The van der Waals surface area contributed by atoms with Gasteiger partial charge in [0.1, 0.15) is 11.7 Å². The number of hydrogen-bond donors (Lipinski definition) is 2. The van der Waals surface area contributed by atoms with Gasteiger partial charge >= 0.3 is 5.97 Å². The van der Waals surface area contributed by atoms with Crippen molar-refractivity contribution < 1.29 is 24.3 Å². The van der Waals surface area contributed by atoms with Gasteiger partial charge in [-0.2, -0.15) is 0 Å². The molecule has 0 aliphatic carbocycles. The summed E-state index contributed by atoms with van der Waals surface area (Å²) >= 11 is 0. The highest BCUT2D eigenvalue weighted by molar-refractivity contribution is 5.80. The molecule has 1 rings (SSSR count). The van der Waals surface area contributed by atoms with Crippen LogP contribution in [0.25, 0.3) is 0 Å². The minimum atomic E-state index is -1.21. The Morgan fingerprint density at radius 2 is 2.05 bits per heavy atom. The number of nitro groups is 1. The second-order valence-electron chi connectivity index (χ2n) is 3.92. The van der Waals surface area contributed by atoms with Gasteiger partial charge in [-0.25, -0.2) is 4.79 Å². The predicted molar refractivity (Wildman–Crippen MR) is 74.7 cm³/mol. The van der Waals surface area contributed by atoms with Crippen LogP contribution in [0.1, 0.15) is 6.42 Å². The van der Waals surface area contributed by atoms with Crippen molar-refractivity contribution in [2.45, 2.75) is 12.5 Å². The van der Waals surface area contributed by atoms with Crippen molar-refractivity contribution in [3.05, 3.63) is 22.2 Å². The third-order valence-corrected chi connectivity index (χ3v) is 2.65. The van der Waals surface area contributed by atoms with E-state index in [0.717, 1.165) is 6.07 Å². The van der Waals surface area contributed by atoms with Crippen molar-refractivity contribution in [3.63, 3.8) is 0 Å². The molecular weight excluding hydrogens is 280 g/mol. The van der Waals surface area contributed by atoms with E-state index < -0.39 is 16.9 Å². The SMILES string of the molecule is C#CCC(Nc1cc(OC)c(OC)cc1[N+](=O)[O-])C(=O)O. The van der Waals surface area contributed by atoms with Crippen molar-refractivity contribution in [1.29, 1.82) is 0 Å². The number of benzene rings is 1. The number of rotatable bonds is 7. The van der Waals surface area contributed by atoms with E-state index in [9.17, 15) is 14.9 Å². The highest BCUT2D eigenvalue weighted by Gasteiger charge is 2.24. The number of terminal acetylenes is 1. The molecule has 0 aliphatic rings. The molecule has 112 valence electrons. The minimum Gasteiger partial charge on any atom is -0.493 e. The molecule has 8 nitrogen and oxygen atoms in total. The zero-order valence-electron chi connectivity index (χ0n) is 11.5. The van der Waals surface area contributed by atoms with E-state index in [-0.39, 0.29) is 29.3 Å². The first-order chi connectivity index (χ1) is 9.94. The number of carboxylic acids is 1. The van der Waals surface area contributed by atoms with Crippen molar-refractivity contribution >= 4 is 17.3 Å². The Hall–Kier alpha value is -2.95. The van der Waals surface area contributed by atoms with Gasteiger partial charge in [-0.1, -0.05) is 0 Å². The fourth-order valence-electron chi connectivity index (χ4n) is 1.64. The Labute approximate surface area is 120 Å². The molecule has 0 aromatic heterocycles. The number of nitrogens with zero attached hydrogens (tertiary/aromatic N) is 1. The molecule has 0 saturated heterocycles. The number of anilines is 1. The lowest BCUT2D eigenvalue weighted by molar-refractivity contribution is -0.384. The number of nitrogens with one attached hydrogen (secondary N) is 1. The topological polar surface area (TPSA) is 111 Å². The Morgan fingerprint density at radius 1 is 1.48 bits per heavy atom. The molecule has 0 spiro atoms. The van der Waals surface area contributed by atoms with Crippen LogP contribution in [0.15, 0.2) is 12.1 Å². The summed E-state index contributed by atoms with van der Waals surface area (Å²) in [6, 6.07) is 1.30. The van der Waals surface area contributed by atoms with Crippen LogP contribution >= 0.6 is 0 Å². The molecular formula is C13H14N2O6.